The lowest BCUT2D eigenvalue weighted by Crippen LogP contribution is -2.54. The highest BCUT2D eigenvalue weighted by molar-refractivity contribution is 5.83. The summed E-state index contributed by atoms with van der Waals surface area (Å²) in [7, 11) is 0. The molecule has 0 aromatic carbocycles. The van der Waals surface area contributed by atoms with Gasteiger partial charge in [-0.05, 0) is 26.8 Å². The molecule has 0 saturated carbocycles. The summed E-state index contributed by atoms with van der Waals surface area (Å²) in [5.74, 6) is -0.823. The van der Waals surface area contributed by atoms with Gasteiger partial charge in [0.2, 0.25) is 5.91 Å². The molecule has 7 nitrogen and oxygen atoms in total. The standard InChI is InChI=1S/C13H17N3O4/c1-7(2)16-10(17)6-20-12(13(18)19)11(16)9-4-5-14-8(3)15-9/h4-5,7,11-12H,6H2,1-3H3,(H,18,19). The van der Waals surface area contributed by atoms with Crippen LogP contribution >= 0.6 is 0 Å². The second kappa shape index (κ2) is 5.54. The first-order valence-corrected chi connectivity index (χ1v) is 6.37. The largest absolute Gasteiger partial charge is 0.479 e. The second-order valence-corrected chi connectivity index (χ2v) is 4.94. The van der Waals surface area contributed by atoms with Crippen molar-refractivity contribution >= 4 is 11.9 Å². The van der Waals surface area contributed by atoms with Crippen LogP contribution in [-0.2, 0) is 14.3 Å². The van der Waals surface area contributed by atoms with Crippen LogP contribution in [0.2, 0.25) is 0 Å². The first kappa shape index (κ1) is 14.4. The van der Waals surface area contributed by atoms with Crippen molar-refractivity contribution < 1.29 is 19.4 Å². The topological polar surface area (TPSA) is 92.6 Å². The van der Waals surface area contributed by atoms with Crippen molar-refractivity contribution in [2.45, 2.75) is 39.0 Å². The smallest absolute Gasteiger partial charge is 0.335 e. The van der Waals surface area contributed by atoms with E-state index in [-0.39, 0.29) is 18.6 Å². The van der Waals surface area contributed by atoms with Crippen molar-refractivity contribution in [1.29, 1.82) is 0 Å². The lowest BCUT2D eigenvalue weighted by Gasteiger charge is -2.41. The Hall–Kier alpha value is -2.02. The van der Waals surface area contributed by atoms with Gasteiger partial charge < -0.3 is 14.7 Å². The van der Waals surface area contributed by atoms with E-state index in [1.807, 2.05) is 13.8 Å². The summed E-state index contributed by atoms with van der Waals surface area (Å²) < 4.78 is 5.19. The molecular formula is C13H17N3O4. The number of ether oxygens (including phenoxy) is 1. The molecule has 7 heteroatoms. The van der Waals surface area contributed by atoms with E-state index < -0.39 is 18.1 Å². The molecule has 108 valence electrons. The minimum Gasteiger partial charge on any atom is -0.479 e. The molecular weight excluding hydrogens is 262 g/mol. The van der Waals surface area contributed by atoms with Crippen molar-refractivity contribution in [2.75, 3.05) is 6.61 Å². The van der Waals surface area contributed by atoms with Crippen LogP contribution in [0, 0.1) is 6.92 Å². The number of morpholine rings is 1. The van der Waals surface area contributed by atoms with Gasteiger partial charge in [-0.3, -0.25) is 4.79 Å². The average molecular weight is 279 g/mol. The minimum absolute atomic E-state index is 0.145. The molecule has 1 saturated heterocycles. The molecule has 1 N–H and O–H groups in total. The highest BCUT2D eigenvalue weighted by Gasteiger charge is 2.43. The number of hydrogen-bond acceptors (Lipinski definition) is 5. The van der Waals surface area contributed by atoms with Crippen molar-refractivity contribution in [2.24, 2.45) is 0 Å². The van der Waals surface area contributed by atoms with E-state index in [9.17, 15) is 14.7 Å². The highest BCUT2D eigenvalue weighted by Crippen LogP contribution is 2.30. The molecule has 1 aliphatic heterocycles. The van der Waals surface area contributed by atoms with Gasteiger partial charge in [-0.1, -0.05) is 0 Å². The maximum Gasteiger partial charge on any atom is 0.335 e. The Morgan fingerprint density at radius 1 is 1.55 bits per heavy atom. The molecule has 1 aromatic heterocycles. The zero-order chi connectivity index (χ0) is 14.9. The van der Waals surface area contributed by atoms with Gasteiger partial charge in [0.1, 0.15) is 18.5 Å². The maximum atomic E-state index is 12.0. The van der Waals surface area contributed by atoms with Crippen molar-refractivity contribution in [3.63, 3.8) is 0 Å². The maximum absolute atomic E-state index is 12.0. The van der Waals surface area contributed by atoms with Gasteiger partial charge in [-0.2, -0.15) is 0 Å². The number of rotatable bonds is 3. The summed E-state index contributed by atoms with van der Waals surface area (Å²) in [5.41, 5.74) is 0.478. The fourth-order valence-electron chi connectivity index (χ4n) is 2.38. The van der Waals surface area contributed by atoms with E-state index in [0.717, 1.165) is 0 Å². The predicted octanol–water partition coefficient (Wildman–Crippen LogP) is 0.547. The molecule has 2 atom stereocenters. The Kier molecular flexibility index (Phi) is 3.99. The van der Waals surface area contributed by atoms with E-state index >= 15 is 0 Å². The zero-order valence-electron chi connectivity index (χ0n) is 11.6. The number of carboxylic acids is 1. The van der Waals surface area contributed by atoms with Crippen LogP contribution in [0.25, 0.3) is 0 Å². The van der Waals surface area contributed by atoms with Crippen molar-refractivity contribution in [3.05, 3.63) is 23.8 Å². The summed E-state index contributed by atoms with van der Waals surface area (Å²) >= 11 is 0. The Balaban J connectivity index is 2.48. The molecule has 20 heavy (non-hydrogen) atoms. The number of aryl methyl sites for hydroxylation is 1. The molecule has 0 bridgehead atoms. The number of carboxylic acid groups (broad SMARTS) is 1. The first-order valence-electron chi connectivity index (χ1n) is 6.37. The van der Waals surface area contributed by atoms with Crippen molar-refractivity contribution in [1.82, 2.24) is 14.9 Å². The number of aliphatic carboxylic acids is 1. The second-order valence-electron chi connectivity index (χ2n) is 4.94. The van der Waals surface area contributed by atoms with E-state index in [1.54, 1.807) is 19.2 Å². The van der Waals surface area contributed by atoms with Crippen LogP contribution in [0.15, 0.2) is 12.3 Å². The van der Waals surface area contributed by atoms with E-state index in [2.05, 4.69) is 9.97 Å². The van der Waals surface area contributed by atoms with Crippen LogP contribution < -0.4 is 0 Å². The number of aromatic nitrogens is 2. The van der Waals surface area contributed by atoms with Gasteiger partial charge in [0.15, 0.2) is 6.10 Å². The molecule has 1 aliphatic rings. The summed E-state index contributed by atoms with van der Waals surface area (Å²) in [4.78, 5) is 33.2. The number of carbonyl (C=O) groups excluding carboxylic acids is 1. The number of hydrogen-bond donors (Lipinski definition) is 1. The predicted molar refractivity (Wildman–Crippen MR) is 68.9 cm³/mol. The molecule has 0 aliphatic carbocycles. The Bertz CT molecular complexity index is 532. The number of carbonyl (C=O) groups is 2. The van der Waals surface area contributed by atoms with Gasteiger partial charge in [0.05, 0.1) is 5.69 Å². The van der Waals surface area contributed by atoms with E-state index in [4.69, 9.17) is 4.74 Å². The summed E-state index contributed by atoms with van der Waals surface area (Å²) in [6, 6.07) is 0.731. The fraction of sp³-hybridized carbons (Fsp3) is 0.538. The fourth-order valence-corrected chi connectivity index (χ4v) is 2.38. The average Bonchev–Trinajstić information content (AvgIpc) is 2.37. The highest BCUT2D eigenvalue weighted by atomic mass is 16.5. The van der Waals surface area contributed by atoms with Crippen LogP contribution in [0.1, 0.15) is 31.4 Å². The van der Waals surface area contributed by atoms with Gasteiger partial charge in [0, 0.05) is 12.2 Å². The molecule has 0 spiro atoms. The summed E-state index contributed by atoms with van der Waals surface area (Å²) in [6.07, 6.45) is 0.429. The minimum atomic E-state index is -1.12. The monoisotopic (exact) mass is 279 g/mol. The number of amides is 1. The lowest BCUT2D eigenvalue weighted by molar-refractivity contribution is -0.175. The van der Waals surface area contributed by atoms with E-state index in [1.165, 1.54) is 4.90 Å². The summed E-state index contributed by atoms with van der Waals surface area (Å²) in [6.45, 7) is 5.16. The van der Waals surface area contributed by atoms with Crippen LogP contribution in [0.3, 0.4) is 0 Å². The Labute approximate surface area is 116 Å². The van der Waals surface area contributed by atoms with Gasteiger partial charge in [-0.25, -0.2) is 14.8 Å². The Morgan fingerprint density at radius 3 is 2.80 bits per heavy atom. The third kappa shape index (κ3) is 2.62. The third-order valence-corrected chi connectivity index (χ3v) is 3.16. The quantitative estimate of drug-likeness (QED) is 0.868. The van der Waals surface area contributed by atoms with Gasteiger partial charge in [0.25, 0.3) is 0 Å². The molecule has 2 unspecified atom stereocenters. The van der Waals surface area contributed by atoms with Crippen molar-refractivity contribution in [3.8, 4) is 0 Å². The van der Waals surface area contributed by atoms with Crippen LogP contribution in [0.4, 0.5) is 0 Å². The normalized spacial score (nSPS) is 23.2. The summed E-state index contributed by atoms with van der Waals surface area (Å²) in [5, 5.41) is 9.32. The van der Waals surface area contributed by atoms with Gasteiger partial charge in [-0.15, -0.1) is 0 Å². The SMILES string of the molecule is Cc1nccc(C2C(C(=O)O)OCC(=O)N2C(C)C)n1. The van der Waals surface area contributed by atoms with Crippen LogP contribution in [-0.4, -0.2) is 50.6 Å². The molecule has 2 heterocycles. The lowest BCUT2D eigenvalue weighted by atomic mass is 10.0. The molecule has 0 radical (unpaired) electrons. The van der Waals surface area contributed by atoms with E-state index in [0.29, 0.717) is 11.5 Å². The zero-order valence-corrected chi connectivity index (χ0v) is 11.6. The number of nitrogens with zero attached hydrogens (tertiary/aromatic N) is 3. The third-order valence-electron chi connectivity index (χ3n) is 3.16. The van der Waals surface area contributed by atoms with Crippen LogP contribution in [0.5, 0.6) is 0 Å². The molecule has 2 rings (SSSR count). The molecule has 1 aromatic rings. The first-order chi connectivity index (χ1) is 9.41. The van der Waals surface area contributed by atoms with Gasteiger partial charge >= 0.3 is 5.97 Å². The Morgan fingerprint density at radius 2 is 2.25 bits per heavy atom. The molecule has 1 fully saturated rings. The molecule has 1 amide bonds.